The molecule has 2 aromatic carbocycles. The van der Waals surface area contributed by atoms with Crippen LogP contribution in [0.15, 0.2) is 48.5 Å². The zero-order chi connectivity index (χ0) is 25.9. The molecule has 0 aliphatic carbocycles. The molecule has 1 N–H and O–H groups in total. The van der Waals surface area contributed by atoms with Gasteiger partial charge in [-0.3, -0.25) is 9.59 Å². The van der Waals surface area contributed by atoms with Crippen LogP contribution in [-0.2, 0) is 25.1 Å². The molecule has 7 nitrogen and oxygen atoms in total. The van der Waals surface area contributed by atoms with E-state index in [9.17, 15) is 31.2 Å². The van der Waals surface area contributed by atoms with E-state index in [1.165, 1.54) is 12.1 Å². The van der Waals surface area contributed by atoms with Crippen molar-refractivity contribution in [2.45, 2.75) is 50.6 Å². The van der Waals surface area contributed by atoms with Gasteiger partial charge in [0, 0.05) is 11.6 Å². The summed E-state index contributed by atoms with van der Waals surface area (Å²) in [5.74, 6) is -2.73. The van der Waals surface area contributed by atoms with Crippen LogP contribution < -0.4 is 9.50 Å². The van der Waals surface area contributed by atoms with Crippen LogP contribution >= 0.6 is 0 Å². The van der Waals surface area contributed by atoms with Crippen LogP contribution in [0.1, 0.15) is 55.1 Å². The largest absolute Gasteiger partial charge is 0.534 e. The van der Waals surface area contributed by atoms with Gasteiger partial charge in [-0.15, -0.1) is 0 Å². The van der Waals surface area contributed by atoms with Crippen molar-refractivity contribution in [1.29, 1.82) is 0 Å². The molecule has 0 fully saturated rings. The van der Waals surface area contributed by atoms with E-state index >= 15 is 0 Å². The lowest BCUT2D eigenvalue weighted by molar-refractivity contribution is -0.143. The molecule has 0 radical (unpaired) electrons. The summed E-state index contributed by atoms with van der Waals surface area (Å²) in [4.78, 5) is 25.1. The van der Waals surface area contributed by atoms with Crippen molar-refractivity contribution >= 4 is 22.0 Å². The molecule has 1 amide bonds. The highest BCUT2D eigenvalue weighted by molar-refractivity contribution is 7.88. The van der Waals surface area contributed by atoms with Crippen LogP contribution in [0, 0.1) is 0 Å². The SMILES string of the molecule is COC(=O)[C@@H](c1ccc(OS(=O)(=O)C(F)(F)F)cc1)C(C)NC(=O)c1ccc(C(C)(C)C)cc1. The summed E-state index contributed by atoms with van der Waals surface area (Å²) in [5.41, 5.74) is -3.97. The molecule has 186 valence electrons. The summed E-state index contributed by atoms with van der Waals surface area (Å²) in [6.45, 7) is 7.70. The summed E-state index contributed by atoms with van der Waals surface area (Å²) < 4.78 is 68.7. The lowest BCUT2D eigenvalue weighted by atomic mass is 9.86. The standard InChI is InChI=1S/C23H26F3NO6S/c1-14(27-20(28)16-6-10-17(11-7-16)22(2,3)4)19(21(29)32-5)15-8-12-18(13-9-15)33-34(30,31)23(24,25)26/h6-14,19H,1-5H3,(H,27,28)/t14?,19-/m1/s1. The Bertz CT molecular complexity index is 1120. The van der Waals surface area contributed by atoms with Crippen molar-refractivity contribution in [3.05, 3.63) is 65.2 Å². The Labute approximate surface area is 196 Å². The molecule has 1 unspecified atom stereocenters. The minimum absolute atomic E-state index is 0.0897. The molecule has 11 heteroatoms. The van der Waals surface area contributed by atoms with Crippen LogP contribution in [0.2, 0.25) is 0 Å². The average molecular weight is 502 g/mol. The first-order valence-electron chi connectivity index (χ1n) is 10.2. The van der Waals surface area contributed by atoms with Crippen molar-refractivity contribution in [2.24, 2.45) is 0 Å². The first-order chi connectivity index (χ1) is 15.6. The molecule has 0 saturated carbocycles. The van der Waals surface area contributed by atoms with Crippen molar-refractivity contribution in [3.63, 3.8) is 0 Å². The minimum atomic E-state index is -5.83. The summed E-state index contributed by atoms with van der Waals surface area (Å²) in [6.07, 6.45) is 0. The number of hydrogen-bond acceptors (Lipinski definition) is 6. The Morgan fingerprint density at radius 1 is 0.941 bits per heavy atom. The zero-order valence-electron chi connectivity index (χ0n) is 19.3. The molecule has 0 heterocycles. The average Bonchev–Trinajstić information content (AvgIpc) is 2.73. The first kappa shape index (κ1) is 27.2. The summed E-state index contributed by atoms with van der Waals surface area (Å²) in [7, 11) is -4.67. The maximum absolute atomic E-state index is 12.7. The number of rotatable bonds is 7. The number of benzene rings is 2. The summed E-state index contributed by atoms with van der Waals surface area (Å²) in [5, 5.41) is 2.73. The molecule has 0 spiro atoms. The molecular weight excluding hydrogens is 475 g/mol. The highest BCUT2D eigenvalue weighted by atomic mass is 32.2. The van der Waals surface area contributed by atoms with Gasteiger partial charge in [0.1, 0.15) is 11.7 Å². The van der Waals surface area contributed by atoms with Gasteiger partial charge in [0.15, 0.2) is 0 Å². The van der Waals surface area contributed by atoms with Gasteiger partial charge in [-0.2, -0.15) is 21.6 Å². The highest BCUT2D eigenvalue weighted by Gasteiger charge is 2.48. The third-order valence-electron chi connectivity index (χ3n) is 5.06. The van der Waals surface area contributed by atoms with E-state index in [1.54, 1.807) is 19.1 Å². The topological polar surface area (TPSA) is 98.8 Å². The van der Waals surface area contributed by atoms with Gasteiger partial charge in [-0.25, -0.2) is 0 Å². The first-order valence-corrected chi connectivity index (χ1v) is 11.6. The lowest BCUT2D eigenvalue weighted by Gasteiger charge is -2.24. The molecule has 2 atom stereocenters. The van der Waals surface area contributed by atoms with Gasteiger partial charge in [-0.05, 0) is 47.7 Å². The van der Waals surface area contributed by atoms with Crippen molar-refractivity contribution in [2.75, 3.05) is 7.11 Å². The Hall–Kier alpha value is -3.08. The van der Waals surface area contributed by atoms with Crippen LogP contribution in [0.4, 0.5) is 13.2 Å². The quantitative estimate of drug-likeness (QED) is 0.345. The Morgan fingerprint density at radius 3 is 1.91 bits per heavy atom. The van der Waals surface area contributed by atoms with E-state index in [-0.39, 0.29) is 11.0 Å². The van der Waals surface area contributed by atoms with Gasteiger partial charge in [-0.1, -0.05) is 45.0 Å². The maximum Gasteiger partial charge on any atom is 0.534 e. The number of carbonyl (C=O) groups excluding carboxylic acids is 2. The molecule has 0 aliphatic rings. The molecule has 0 bridgehead atoms. The van der Waals surface area contributed by atoms with Gasteiger partial charge >= 0.3 is 21.6 Å². The smallest absolute Gasteiger partial charge is 0.468 e. The second-order valence-corrected chi connectivity index (χ2v) is 10.2. The molecule has 34 heavy (non-hydrogen) atoms. The van der Waals surface area contributed by atoms with E-state index < -0.39 is 45.2 Å². The van der Waals surface area contributed by atoms with Crippen molar-refractivity contribution < 1.29 is 40.1 Å². The number of nitrogens with one attached hydrogen (secondary N) is 1. The second-order valence-electron chi connectivity index (χ2n) is 8.64. The lowest BCUT2D eigenvalue weighted by Crippen LogP contribution is -2.40. The van der Waals surface area contributed by atoms with Gasteiger partial charge in [0.2, 0.25) is 0 Å². The monoisotopic (exact) mass is 501 g/mol. The van der Waals surface area contributed by atoms with Crippen molar-refractivity contribution in [3.8, 4) is 5.75 Å². The normalized spacial score (nSPS) is 14.1. The number of hydrogen-bond donors (Lipinski definition) is 1. The molecule has 2 rings (SSSR count). The molecule has 2 aromatic rings. The predicted molar refractivity (Wildman–Crippen MR) is 119 cm³/mol. The molecule has 0 saturated heterocycles. The van der Waals surface area contributed by atoms with Crippen LogP contribution in [0.5, 0.6) is 5.75 Å². The number of amides is 1. The predicted octanol–water partition coefficient (Wildman–Crippen LogP) is 4.29. The number of alkyl halides is 3. The number of methoxy groups -OCH3 is 1. The second kappa shape index (κ2) is 10.0. The fourth-order valence-corrected chi connectivity index (χ4v) is 3.61. The third kappa shape index (κ3) is 6.49. The fourth-order valence-electron chi connectivity index (χ4n) is 3.16. The van der Waals surface area contributed by atoms with Gasteiger partial charge < -0.3 is 14.2 Å². The van der Waals surface area contributed by atoms with Gasteiger partial charge in [0.25, 0.3) is 5.91 Å². The van der Waals surface area contributed by atoms with Gasteiger partial charge in [0.05, 0.1) is 7.11 Å². The summed E-state index contributed by atoms with van der Waals surface area (Å²) in [6, 6.07) is 10.7. The number of ether oxygens (including phenoxy) is 1. The van der Waals surface area contributed by atoms with E-state index in [1.807, 2.05) is 32.9 Å². The molecule has 0 aromatic heterocycles. The highest BCUT2D eigenvalue weighted by Crippen LogP contribution is 2.29. The Kier molecular flexibility index (Phi) is 8.02. The molecular formula is C23H26F3NO6S. The van der Waals surface area contributed by atoms with Crippen molar-refractivity contribution in [1.82, 2.24) is 5.32 Å². The Balaban J connectivity index is 2.22. The minimum Gasteiger partial charge on any atom is -0.468 e. The number of carbonyl (C=O) groups is 2. The number of halogens is 3. The Morgan fingerprint density at radius 2 is 1.47 bits per heavy atom. The molecule has 0 aliphatic heterocycles. The van der Waals surface area contributed by atoms with Crippen LogP contribution in [-0.4, -0.2) is 39.0 Å². The van der Waals surface area contributed by atoms with E-state index in [4.69, 9.17) is 4.74 Å². The summed E-state index contributed by atoms with van der Waals surface area (Å²) >= 11 is 0. The maximum atomic E-state index is 12.7. The fraction of sp³-hybridized carbons (Fsp3) is 0.391. The third-order valence-corrected chi connectivity index (χ3v) is 6.03. The van der Waals surface area contributed by atoms with E-state index in [0.717, 1.165) is 24.8 Å². The zero-order valence-corrected chi connectivity index (χ0v) is 20.1. The van der Waals surface area contributed by atoms with E-state index in [2.05, 4.69) is 9.50 Å². The number of esters is 1. The van der Waals surface area contributed by atoms with Crippen LogP contribution in [0.3, 0.4) is 0 Å². The van der Waals surface area contributed by atoms with Crippen LogP contribution in [0.25, 0.3) is 0 Å². The van der Waals surface area contributed by atoms with E-state index in [0.29, 0.717) is 5.56 Å².